The van der Waals surface area contributed by atoms with Crippen molar-refractivity contribution in [1.29, 1.82) is 0 Å². The van der Waals surface area contributed by atoms with E-state index in [4.69, 9.17) is 5.73 Å². The molecule has 0 saturated carbocycles. The van der Waals surface area contributed by atoms with Crippen molar-refractivity contribution < 1.29 is 17.9 Å². The first-order valence-electron chi connectivity index (χ1n) is 4.80. The quantitative estimate of drug-likeness (QED) is 0.659. The molecule has 86 valence electrons. The summed E-state index contributed by atoms with van der Waals surface area (Å²) in [6.45, 7) is 1.69. The van der Waals surface area contributed by atoms with Crippen molar-refractivity contribution >= 4 is 0 Å². The lowest BCUT2D eigenvalue weighted by Gasteiger charge is -2.09. The molecule has 0 aromatic heterocycles. The van der Waals surface area contributed by atoms with Crippen LogP contribution in [0.15, 0.2) is 0 Å². The van der Waals surface area contributed by atoms with Crippen molar-refractivity contribution in [1.82, 2.24) is 0 Å². The number of hydrogen-bond acceptors (Lipinski definition) is 2. The number of rotatable bonds is 7. The zero-order chi connectivity index (χ0) is 11.0. The Morgan fingerprint density at radius 2 is 1.93 bits per heavy atom. The summed E-state index contributed by atoms with van der Waals surface area (Å²) in [5.41, 5.74) is 5.39. The average Bonchev–Trinajstić information content (AvgIpc) is 2.08. The predicted octanol–water partition coefficient (Wildman–Crippen LogP) is 2.33. The van der Waals surface area contributed by atoms with E-state index in [0.717, 1.165) is 12.8 Å². The Labute approximate surface area is 82.6 Å². The van der Waals surface area contributed by atoms with Crippen LogP contribution in [0.5, 0.6) is 0 Å². The second-order valence-corrected chi connectivity index (χ2v) is 3.50. The van der Waals surface area contributed by atoms with Gasteiger partial charge in [-0.3, -0.25) is 0 Å². The zero-order valence-corrected chi connectivity index (χ0v) is 8.44. The van der Waals surface area contributed by atoms with Gasteiger partial charge < -0.3 is 10.5 Å². The molecule has 0 radical (unpaired) electrons. The highest BCUT2D eigenvalue weighted by molar-refractivity contribution is 4.53. The van der Waals surface area contributed by atoms with Crippen molar-refractivity contribution in [2.24, 2.45) is 11.7 Å². The van der Waals surface area contributed by atoms with Crippen molar-refractivity contribution in [3.05, 3.63) is 0 Å². The molecular weight excluding hydrogens is 195 g/mol. The van der Waals surface area contributed by atoms with Gasteiger partial charge in [-0.2, -0.15) is 13.2 Å². The topological polar surface area (TPSA) is 35.2 Å². The Bertz CT molecular complexity index is 139. The summed E-state index contributed by atoms with van der Waals surface area (Å²) in [6, 6.07) is 0. The molecule has 1 atom stereocenters. The highest BCUT2D eigenvalue weighted by Crippen LogP contribution is 2.14. The van der Waals surface area contributed by atoms with Crippen LogP contribution in [0.4, 0.5) is 13.2 Å². The van der Waals surface area contributed by atoms with Crippen molar-refractivity contribution in [3.63, 3.8) is 0 Å². The maximum absolute atomic E-state index is 11.6. The minimum Gasteiger partial charge on any atom is -0.372 e. The largest absolute Gasteiger partial charge is 0.411 e. The van der Waals surface area contributed by atoms with Crippen LogP contribution >= 0.6 is 0 Å². The summed E-state index contributed by atoms with van der Waals surface area (Å²) < 4.78 is 39.3. The molecule has 0 aliphatic carbocycles. The molecule has 1 unspecified atom stereocenters. The van der Waals surface area contributed by atoms with E-state index in [-0.39, 0.29) is 6.61 Å². The third-order valence-corrected chi connectivity index (χ3v) is 1.90. The third kappa shape index (κ3) is 9.80. The molecule has 0 saturated heterocycles. The van der Waals surface area contributed by atoms with Gasteiger partial charge in [-0.1, -0.05) is 13.3 Å². The molecule has 0 aromatic carbocycles. The van der Waals surface area contributed by atoms with Crippen LogP contribution in [-0.4, -0.2) is 25.9 Å². The van der Waals surface area contributed by atoms with E-state index in [1.54, 1.807) is 0 Å². The molecule has 0 heterocycles. The lowest BCUT2D eigenvalue weighted by molar-refractivity contribution is -0.174. The first-order valence-corrected chi connectivity index (χ1v) is 4.80. The van der Waals surface area contributed by atoms with E-state index in [1.807, 2.05) is 6.92 Å². The standard InChI is InChI=1S/C9H18F3NO/c1-8(6-13)4-2-3-5-14-7-9(10,11)12/h8H,2-7,13H2,1H3. The second kappa shape index (κ2) is 7.06. The molecule has 0 bridgehead atoms. The van der Waals surface area contributed by atoms with E-state index in [2.05, 4.69) is 4.74 Å². The number of nitrogens with two attached hydrogens (primary N) is 1. The fourth-order valence-electron chi connectivity index (χ4n) is 1.00. The van der Waals surface area contributed by atoms with Gasteiger partial charge in [-0.15, -0.1) is 0 Å². The molecular formula is C9H18F3NO. The smallest absolute Gasteiger partial charge is 0.372 e. The lowest BCUT2D eigenvalue weighted by Crippen LogP contribution is -2.17. The highest BCUT2D eigenvalue weighted by Gasteiger charge is 2.27. The molecule has 0 fully saturated rings. The second-order valence-electron chi connectivity index (χ2n) is 3.50. The third-order valence-electron chi connectivity index (χ3n) is 1.90. The van der Waals surface area contributed by atoms with Gasteiger partial charge in [-0.25, -0.2) is 0 Å². The molecule has 0 aliphatic heterocycles. The Kier molecular flexibility index (Phi) is 6.92. The molecule has 2 nitrogen and oxygen atoms in total. The van der Waals surface area contributed by atoms with Crippen molar-refractivity contribution in [3.8, 4) is 0 Å². The predicted molar refractivity (Wildman–Crippen MR) is 48.9 cm³/mol. The summed E-state index contributed by atoms with van der Waals surface area (Å²) in [5, 5.41) is 0. The summed E-state index contributed by atoms with van der Waals surface area (Å²) in [5.74, 6) is 0.442. The van der Waals surface area contributed by atoms with Crippen LogP contribution in [0.1, 0.15) is 26.2 Å². The number of hydrogen-bond donors (Lipinski definition) is 1. The van der Waals surface area contributed by atoms with Gasteiger partial charge >= 0.3 is 6.18 Å². The number of unbranched alkanes of at least 4 members (excludes halogenated alkanes) is 1. The lowest BCUT2D eigenvalue weighted by atomic mass is 10.1. The zero-order valence-electron chi connectivity index (χ0n) is 8.44. The summed E-state index contributed by atoms with van der Waals surface area (Å²) in [4.78, 5) is 0. The Morgan fingerprint density at radius 1 is 1.29 bits per heavy atom. The van der Waals surface area contributed by atoms with Gasteiger partial charge in [0, 0.05) is 6.61 Å². The first kappa shape index (κ1) is 13.7. The van der Waals surface area contributed by atoms with Gasteiger partial charge in [0.05, 0.1) is 0 Å². The molecule has 0 aromatic rings. The van der Waals surface area contributed by atoms with E-state index < -0.39 is 12.8 Å². The molecule has 2 N–H and O–H groups in total. The number of halogens is 3. The fourth-order valence-corrected chi connectivity index (χ4v) is 1.00. The van der Waals surface area contributed by atoms with E-state index >= 15 is 0 Å². The minimum absolute atomic E-state index is 0.177. The Balaban J connectivity index is 3.14. The minimum atomic E-state index is -4.20. The van der Waals surface area contributed by atoms with Crippen LogP contribution in [0.3, 0.4) is 0 Å². The van der Waals surface area contributed by atoms with Gasteiger partial charge in [-0.05, 0) is 25.3 Å². The van der Waals surface area contributed by atoms with Gasteiger partial charge in [0.2, 0.25) is 0 Å². The van der Waals surface area contributed by atoms with Crippen LogP contribution in [0.2, 0.25) is 0 Å². The Morgan fingerprint density at radius 3 is 2.43 bits per heavy atom. The van der Waals surface area contributed by atoms with Gasteiger partial charge in [0.15, 0.2) is 0 Å². The molecule has 0 amide bonds. The first-order chi connectivity index (χ1) is 6.45. The molecule has 0 spiro atoms. The van der Waals surface area contributed by atoms with Crippen LogP contribution in [-0.2, 0) is 4.74 Å². The van der Waals surface area contributed by atoms with E-state index in [1.165, 1.54) is 0 Å². The highest BCUT2D eigenvalue weighted by atomic mass is 19.4. The molecule has 5 heteroatoms. The number of ether oxygens (including phenoxy) is 1. The monoisotopic (exact) mass is 213 g/mol. The SMILES string of the molecule is CC(CN)CCCCOCC(F)(F)F. The maximum Gasteiger partial charge on any atom is 0.411 e. The summed E-state index contributed by atoms with van der Waals surface area (Å²) >= 11 is 0. The van der Waals surface area contributed by atoms with Crippen molar-refractivity contribution in [2.45, 2.75) is 32.4 Å². The van der Waals surface area contributed by atoms with E-state index in [9.17, 15) is 13.2 Å². The molecule has 0 aliphatic rings. The Hall–Kier alpha value is -0.290. The molecule has 0 rings (SSSR count). The van der Waals surface area contributed by atoms with E-state index in [0.29, 0.717) is 18.9 Å². The number of alkyl halides is 3. The fraction of sp³-hybridized carbons (Fsp3) is 1.00. The van der Waals surface area contributed by atoms with Gasteiger partial charge in [0.1, 0.15) is 6.61 Å². The van der Waals surface area contributed by atoms with Crippen LogP contribution in [0, 0.1) is 5.92 Å². The normalized spacial score (nSPS) is 14.4. The van der Waals surface area contributed by atoms with Gasteiger partial charge in [0.25, 0.3) is 0 Å². The van der Waals surface area contributed by atoms with Crippen molar-refractivity contribution in [2.75, 3.05) is 19.8 Å². The van der Waals surface area contributed by atoms with Crippen LogP contribution < -0.4 is 5.73 Å². The summed E-state index contributed by atoms with van der Waals surface area (Å²) in [6.07, 6.45) is -1.72. The van der Waals surface area contributed by atoms with Crippen LogP contribution in [0.25, 0.3) is 0 Å². The average molecular weight is 213 g/mol. The summed E-state index contributed by atoms with van der Waals surface area (Å²) in [7, 11) is 0. The molecule has 14 heavy (non-hydrogen) atoms. The maximum atomic E-state index is 11.6.